The minimum Gasteiger partial charge on any atom is -0.397 e. The second-order valence-corrected chi connectivity index (χ2v) is 4.25. The molecule has 0 spiro atoms. The normalized spacial score (nSPS) is 10.9. The number of aromatic nitrogens is 3. The van der Waals surface area contributed by atoms with E-state index in [2.05, 4.69) is 34.0 Å². The predicted molar refractivity (Wildman–Crippen MR) is 73.1 cm³/mol. The van der Waals surface area contributed by atoms with Gasteiger partial charge in [-0.15, -0.1) is 0 Å². The van der Waals surface area contributed by atoms with Gasteiger partial charge in [0.15, 0.2) is 0 Å². The summed E-state index contributed by atoms with van der Waals surface area (Å²) in [6.45, 7) is 2.14. The molecular formula is C14H14N4. The molecule has 0 bridgehead atoms. The van der Waals surface area contributed by atoms with Crippen molar-refractivity contribution in [2.45, 2.75) is 13.3 Å². The zero-order chi connectivity index (χ0) is 12.5. The third-order valence-corrected chi connectivity index (χ3v) is 3.06. The molecule has 18 heavy (non-hydrogen) atoms. The Bertz CT molecular complexity index is 700. The number of imidazole rings is 1. The Hall–Kier alpha value is -2.36. The van der Waals surface area contributed by atoms with E-state index in [0.717, 1.165) is 28.8 Å². The highest BCUT2D eigenvalue weighted by molar-refractivity contribution is 5.82. The number of anilines is 1. The summed E-state index contributed by atoms with van der Waals surface area (Å²) >= 11 is 0. The van der Waals surface area contributed by atoms with Gasteiger partial charge in [-0.1, -0.05) is 13.0 Å². The molecule has 0 unspecified atom stereocenters. The average molecular weight is 238 g/mol. The Morgan fingerprint density at radius 2 is 2.17 bits per heavy atom. The van der Waals surface area contributed by atoms with E-state index in [1.165, 1.54) is 5.56 Å². The van der Waals surface area contributed by atoms with Gasteiger partial charge in [0.1, 0.15) is 5.82 Å². The molecule has 0 aliphatic rings. The largest absolute Gasteiger partial charge is 0.397 e. The van der Waals surface area contributed by atoms with Gasteiger partial charge < -0.3 is 10.7 Å². The predicted octanol–water partition coefficient (Wildman–Crippen LogP) is 2.77. The Labute approximate surface area is 105 Å². The van der Waals surface area contributed by atoms with Crippen LogP contribution in [0.2, 0.25) is 0 Å². The van der Waals surface area contributed by atoms with Crippen LogP contribution in [0.15, 0.2) is 36.7 Å². The number of nitrogen functional groups attached to an aromatic ring is 1. The number of hydrogen-bond donors (Lipinski definition) is 2. The topological polar surface area (TPSA) is 67.6 Å². The third-order valence-electron chi connectivity index (χ3n) is 3.06. The number of aryl methyl sites for hydroxylation is 1. The van der Waals surface area contributed by atoms with Gasteiger partial charge in [-0.25, -0.2) is 4.98 Å². The lowest BCUT2D eigenvalue weighted by Crippen LogP contribution is -1.91. The summed E-state index contributed by atoms with van der Waals surface area (Å²) in [7, 11) is 0. The lowest BCUT2D eigenvalue weighted by Gasteiger charge is -1.99. The maximum Gasteiger partial charge on any atom is 0.140 e. The Morgan fingerprint density at radius 3 is 2.94 bits per heavy atom. The number of pyridine rings is 1. The second-order valence-electron chi connectivity index (χ2n) is 4.25. The molecule has 3 N–H and O–H groups in total. The fourth-order valence-electron chi connectivity index (χ4n) is 2.03. The summed E-state index contributed by atoms with van der Waals surface area (Å²) in [5.41, 5.74) is 10.7. The number of H-pyrrole nitrogens is 1. The van der Waals surface area contributed by atoms with Crippen molar-refractivity contribution in [1.82, 2.24) is 15.0 Å². The number of fused-ring (bicyclic) bond motifs is 1. The van der Waals surface area contributed by atoms with Crippen molar-refractivity contribution in [3.05, 3.63) is 42.2 Å². The molecule has 1 aromatic carbocycles. The van der Waals surface area contributed by atoms with Gasteiger partial charge in [0, 0.05) is 11.8 Å². The summed E-state index contributed by atoms with van der Waals surface area (Å²) in [5, 5.41) is 0. The van der Waals surface area contributed by atoms with E-state index < -0.39 is 0 Å². The number of hydrogen-bond acceptors (Lipinski definition) is 3. The molecule has 3 aromatic rings. The zero-order valence-electron chi connectivity index (χ0n) is 10.1. The summed E-state index contributed by atoms with van der Waals surface area (Å²) in [6.07, 6.45) is 4.37. The molecule has 0 radical (unpaired) electrons. The number of nitrogens with two attached hydrogens (primary N) is 1. The number of nitrogens with one attached hydrogen (secondary N) is 1. The molecule has 2 aromatic heterocycles. The van der Waals surface area contributed by atoms with Crippen molar-refractivity contribution < 1.29 is 0 Å². The Kier molecular flexibility index (Phi) is 2.48. The van der Waals surface area contributed by atoms with Crippen molar-refractivity contribution in [2.75, 3.05) is 5.73 Å². The molecule has 4 heteroatoms. The van der Waals surface area contributed by atoms with Crippen LogP contribution in [0.3, 0.4) is 0 Å². The van der Waals surface area contributed by atoms with Crippen molar-refractivity contribution >= 4 is 16.7 Å². The van der Waals surface area contributed by atoms with E-state index in [9.17, 15) is 0 Å². The minimum atomic E-state index is 0.632. The molecule has 0 saturated carbocycles. The third kappa shape index (κ3) is 1.72. The van der Waals surface area contributed by atoms with Crippen molar-refractivity contribution in [1.29, 1.82) is 0 Å². The van der Waals surface area contributed by atoms with Crippen LogP contribution in [0.1, 0.15) is 12.5 Å². The summed E-state index contributed by atoms with van der Waals surface area (Å²) in [5.74, 6) is 0.790. The van der Waals surface area contributed by atoms with Gasteiger partial charge in [0.2, 0.25) is 0 Å². The Balaban J connectivity index is 2.17. The van der Waals surface area contributed by atoms with Crippen molar-refractivity contribution in [2.24, 2.45) is 0 Å². The fraction of sp³-hybridized carbons (Fsp3) is 0.143. The van der Waals surface area contributed by atoms with Gasteiger partial charge in [-0.05, 0) is 30.2 Å². The van der Waals surface area contributed by atoms with Crippen LogP contribution in [0.5, 0.6) is 0 Å². The molecule has 90 valence electrons. The Morgan fingerprint density at radius 1 is 1.28 bits per heavy atom. The molecule has 3 rings (SSSR count). The monoisotopic (exact) mass is 238 g/mol. The van der Waals surface area contributed by atoms with Crippen LogP contribution < -0.4 is 5.73 Å². The standard InChI is InChI=1S/C14H14N4/c1-2-9-3-4-12-13(7-9)18-14(17-12)10-5-6-16-8-11(10)15/h3-8H,2,15H2,1H3,(H,17,18). The van der Waals surface area contributed by atoms with Gasteiger partial charge in [0.05, 0.1) is 22.9 Å². The molecule has 0 aliphatic heterocycles. The lowest BCUT2D eigenvalue weighted by atomic mass is 10.1. The van der Waals surface area contributed by atoms with Crippen LogP contribution in [0.4, 0.5) is 5.69 Å². The number of nitrogens with zero attached hydrogens (tertiary/aromatic N) is 2. The first kappa shape index (κ1) is 10.8. The quantitative estimate of drug-likeness (QED) is 0.721. The molecule has 0 atom stereocenters. The molecule has 0 saturated heterocycles. The summed E-state index contributed by atoms with van der Waals surface area (Å²) in [6, 6.07) is 8.13. The van der Waals surface area contributed by atoms with Crippen LogP contribution in [0.25, 0.3) is 22.4 Å². The zero-order valence-corrected chi connectivity index (χ0v) is 10.1. The first-order valence-corrected chi connectivity index (χ1v) is 5.96. The molecule has 0 aliphatic carbocycles. The average Bonchev–Trinajstić information content (AvgIpc) is 2.81. The van der Waals surface area contributed by atoms with Gasteiger partial charge >= 0.3 is 0 Å². The summed E-state index contributed by atoms with van der Waals surface area (Å²) in [4.78, 5) is 11.8. The van der Waals surface area contributed by atoms with Crippen LogP contribution in [-0.4, -0.2) is 15.0 Å². The van der Waals surface area contributed by atoms with Crippen molar-refractivity contribution in [3.8, 4) is 11.4 Å². The first-order chi connectivity index (χ1) is 8.78. The highest BCUT2D eigenvalue weighted by Gasteiger charge is 2.08. The second kappa shape index (κ2) is 4.14. The number of aromatic amines is 1. The number of benzene rings is 1. The molecular weight excluding hydrogens is 224 g/mol. The highest BCUT2D eigenvalue weighted by Crippen LogP contribution is 2.25. The number of rotatable bonds is 2. The summed E-state index contributed by atoms with van der Waals surface area (Å²) < 4.78 is 0. The van der Waals surface area contributed by atoms with Crippen LogP contribution in [-0.2, 0) is 6.42 Å². The minimum absolute atomic E-state index is 0.632. The molecule has 2 heterocycles. The maximum absolute atomic E-state index is 5.91. The fourth-order valence-corrected chi connectivity index (χ4v) is 2.03. The lowest BCUT2D eigenvalue weighted by molar-refractivity contribution is 1.14. The van der Waals surface area contributed by atoms with Crippen LogP contribution >= 0.6 is 0 Å². The van der Waals surface area contributed by atoms with Gasteiger partial charge in [-0.2, -0.15) is 0 Å². The van der Waals surface area contributed by atoms with E-state index >= 15 is 0 Å². The molecule has 4 nitrogen and oxygen atoms in total. The van der Waals surface area contributed by atoms with E-state index in [-0.39, 0.29) is 0 Å². The van der Waals surface area contributed by atoms with E-state index in [1.807, 2.05) is 12.1 Å². The van der Waals surface area contributed by atoms with E-state index in [4.69, 9.17) is 5.73 Å². The molecule has 0 amide bonds. The molecule has 0 fully saturated rings. The van der Waals surface area contributed by atoms with E-state index in [1.54, 1.807) is 12.4 Å². The van der Waals surface area contributed by atoms with Crippen molar-refractivity contribution in [3.63, 3.8) is 0 Å². The van der Waals surface area contributed by atoms with Crippen LogP contribution in [0, 0.1) is 0 Å². The van der Waals surface area contributed by atoms with Gasteiger partial charge in [-0.3, -0.25) is 4.98 Å². The van der Waals surface area contributed by atoms with E-state index in [0.29, 0.717) is 5.69 Å². The SMILES string of the molecule is CCc1ccc2nc(-c3ccncc3N)[nH]c2c1. The highest BCUT2D eigenvalue weighted by atomic mass is 14.9. The smallest absolute Gasteiger partial charge is 0.140 e. The maximum atomic E-state index is 5.91. The van der Waals surface area contributed by atoms with Gasteiger partial charge in [0.25, 0.3) is 0 Å². The first-order valence-electron chi connectivity index (χ1n) is 5.96.